The van der Waals surface area contributed by atoms with Crippen LogP contribution in [0, 0.1) is 6.92 Å². The largest absolute Gasteiger partial charge is 0.403 e. The maximum Gasteiger partial charge on any atom is 0.332 e. The number of rotatable bonds is 3. The molecule has 6 rings (SSSR count). The monoisotopic (exact) mass is 449 g/mol. The molecule has 8 heteroatoms. The first-order valence-corrected chi connectivity index (χ1v) is 10.5. The van der Waals surface area contributed by atoms with Crippen molar-refractivity contribution in [3.8, 4) is 22.6 Å². The maximum atomic E-state index is 13.1. The lowest BCUT2D eigenvalue weighted by molar-refractivity contribution is 0.0904. The number of benzene rings is 3. The normalized spacial score (nSPS) is 14.7. The van der Waals surface area contributed by atoms with Crippen molar-refractivity contribution in [2.45, 2.75) is 13.3 Å². The van der Waals surface area contributed by atoms with Crippen molar-refractivity contribution in [2.75, 3.05) is 4.90 Å². The molecular formula is C26H15N3O5. The summed E-state index contributed by atoms with van der Waals surface area (Å²) in [6.45, 7) is 1.95. The van der Waals surface area contributed by atoms with E-state index >= 15 is 0 Å². The van der Waals surface area contributed by atoms with Gasteiger partial charge in [0.15, 0.2) is 11.6 Å². The topological polar surface area (TPSA) is 110 Å². The second-order valence-corrected chi connectivity index (χ2v) is 8.25. The van der Waals surface area contributed by atoms with Crippen LogP contribution >= 0.6 is 0 Å². The van der Waals surface area contributed by atoms with Gasteiger partial charge in [0.2, 0.25) is 5.89 Å². The van der Waals surface area contributed by atoms with Gasteiger partial charge >= 0.3 is 6.01 Å². The van der Waals surface area contributed by atoms with Crippen molar-refractivity contribution >= 4 is 29.4 Å². The number of aromatic nitrogens is 2. The number of aryl methyl sites for hydroxylation is 1. The molecule has 0 radical (unpaired) electrons. The fourth-order valence-electron chi connectivity index (χ4n) is 4.25. The molecule has 0 bridgehead atoms. The van der Waals surface area contributed by atoms with E-state index in [2.05, 4.69) is 10.2 Å². The molecule has 1 aliphatic heterocycles. The SMILES string of the molecule is Cc1ccc(-c2nnc(N3C(=O)c4ccc(-c5ccc6c(c5)C(=O)CC6=O)cc4C3=O)o2)cc1. The van der Waals surface area contributed by atoms with E-state index in [9.17, 15) is 19.2 Å². The molecule has 3 aromatic carbocycles. The van der Waals surface area contributed by atoms with E-state index in [1.165, 1.54) is 0 Å². The molecule has 0 spiro atoms. The van der Waals surface area contributed by atoms with Crippen molar-refractivity contribution in [2.24, 2.45) is 0 Å². The standard InChI is InChI=1S/C26H15N3O5/c1-13-2-4-14(5-3-13)23-27-28-26(34-23)29-24(32)18-9-7-16(11-20(18)25(29)33)15-6-8-17-19(10-15)22(31)12-21(17)30/h2-11H,12H2,1H3. The van der Waals surface area contributed by atoms with E-state index in [0.717, 1.165) is 10.5 Å². The van der Waals surface area contributed by atoms with Crippen LogP contribution in [0.15, 0.2) is 65.1 Å². The minimum atomic E-state index is -0.576. The molecule has 1 aliphatic carbocycles. The first-order valence-electron chi connectivity index (χ1n) is 10.5. The van der Waals surface area contributed by atoms with Crippen molar-refractivity contribution in [3.05, 3.63) is 88.5 Å². The Morgan fingerprint density at radius 3 is 2.00 bits per heavy atom. The number of imide groups is 1. The van der Waals surface area contributed by atoms with Crippen LogP contribution in [0.3, 0.4) is 0 Å². The number of amides is 2. The van der Waals surface area contributed by atoms with E-state index in [-0.39, 0.29) is 41.0 Å². The Kier molecular flexibility index (Phi) is 4.19. The van der Waals surface area contributed by atoms with Gasteiger partial charge < -0.3 is 4.42 Å². The lowest BCUT2D eigenvalue weighted by Crippen LogP contribution is -2.29. The van der Waals surface area contributed by atoms with Gasteiger partial charge in [0.05, 0.1) is 17.5 Å². The van der Waals surface area contributed by atoms with Crippen LogP contribution < -0.4 is 4.90 Å². The fourth-order valence-corrected chi connectivity index (χ4v) is 4.25. The maximum absolute atomic E-state index is 13.1. The van der Waals surface area contributed by atoms with Gasteiger partial charge in [-0.15, -0.1) is 5.10 Å². The van der Waals surface area contributed by atoms with Gasteiger partial charge in [-0.25, -0.2) is 0 Å². The molecule has 0 N–H and O–H groups in total. The zero-order chi connectivity index (χ0) is 23.6. The summed E-state index contributed by atoms with van der Waals surface area (Å²) in [5.41, 5.74) is 4.25. The number of fused-ring (bicyclic) bond motifs is 2. The second-order valence-electron chi connectivity index (χ2n) is 8.25. The summed E-state index contributed by atoms with van der Waals surface area (Å²) in [4.78, 5) is 51.0. The van der Waals surface area contributed by atoms with Gasteiger partial charge in [-0.2, -0.15) is 4.90 Å². The van der Waals surface area contributed by atoms with Crippen molar-refractivity contribution in [1.82, 2.24) is 10.2 Å². The number of carbonyl (C=O) groups excluding carboxylic acids is 4. The molecule has 2 heterocycles. The van der Waals surface area contributed by atoms with Crippen LogP contribution in [-0.2, 0) is 0 Å². The number of hydrogen-bond acceptors (Lipinski definition) is 7. The molecule has 4 aromatic rings. The number of hydrogen-bond donors (Lipinski definition) is 0. The predicted octanol–water partition coefficient (Wildman–Crippen LogP) is 4.28. The highest BCUT2D eigenvalue weighted by atomic mass is 16.4. The third-order valence-corrected chi connectivity index (χ3v) is 6.07. The Bertz CT molecular complexity index is 1570. The van der Waals surface area contributed by atoms with E-state index in [0.29, 0.717) is 27.8 Å². The zero-order valence-electron chi connectivity index (χ0n) is 17.9. The molecule has 1 aromatic heterocycles. The minimum Gasteiger partial charge on any atom is -0.403 e. The summed E-state index contributed by atoms with van der Waals surface area (Å²) < 4.78 is 5.65. The highest BCUT2D eigenvalue weighted by Crippen LogP contribution is 2.34. The summed E-state index contributed by atoms with van der Waals surface area (Å²) in [6.07, 6.45) is -0.125. The fraction of sp³-hybridized carbons (Fsp3) is 0.0769. The summed E-state index contributed by atoms with van der Waals surface area (Å²) in [5.74, 6) is -1.35. The molecule has 2 aliphatic rings. The van der Waals surface area contributed by atoms with Gasteiger partial charge in [-0.1, -0.05) is 41.0 Å². The molecule has 0 saturated carbocycles. The van der Waals surface area contributed by atoms with Gasteiger partial charge in [0, 0.05) is 16.7 Å². The van der Waals surface area contributed by atoms with Gasteiger partial charge in [-0.3, -0.25) is 19.2 Å². The number of anilines is 1. The first-order chi connectivity index (χ1) is 16.4. The Labute approximate surface area is 192 Å². The summed E-state index contributed by atoms with van der Waals surface area (Å²) >= 11 is 0. The van der Waals surface area contributed by atoms with Gasteiger partial charge in [-0.05, 0) is 48.4 Å². The Morgan fingerprint density at radius 1 is 0.676 bits per heavy atom. The van der Waals surface area contributed by atoms with Crippen LogP contribution in [-0.4, -0.2) is 33.6 Å². The summed E-state index contributed by atoms with van der Waals surface area (Å²) in [7, 11) is 0. The average Bonchev–Trinajstić information content (AvgIpc) is 3.50. The van der Waals surface area contributed by atoms with E-state index < -0.39 is 11.8 Å². The highest BCUT2D eigenvalue weighted by Gasteiger charge is 2.40. The minimum absolute atomic E-state index is 0.125. The first kappa shape index (κ1) is 19.9. The van der Waals surface area contributed by atoms with Crippen LogP contribution in [0.1, 0.15) is 53.4 Å². The van der Waals surface area contributed by atoms with E-state index in [4.69, 9.17) is 4.42 Å². The van der Waals surface area contributed by atoms with Crippen molar-refractivity contribution < 1.29 is 23.6 Å². The van der Waals surface area contributed by atoms with Crippen LogP contribution in [0.2, 0.25) is 0 Å². The average molecular weight is 449 g/mol. The number of nitrogens with zero attached hydrogens (tertiary/aromatic N) is 3. The van der Waals surface area contributed by atoms with E-state index in [1.807, 2.05) is 31.2 Å². The van der Waals surface area contributed by atoms with Crippen LogP contribution in [0.5, 0.6) is 0 Å². The summed E-state index contributed by atoms with van der Waals surface area (Å²) in [6, 6.07) is 17.1. The molecule has 0 fully saturated rings. The molecule has 34 heavy (non-hydrogen) atoms. The van der Waals surface area contributed by atoms with Gasteiger partial charge in [0.25, 0.3) is 11.8 Å². The van der Waals surface area contributed by atoms with E-state index in [1.54, 1.807) is 36.4 Å². The molecule has 164 valence electrons. The zero-order valence-corrected chi connectivity index (χ0v) is 17.9. The Balaban J connectivity index is 1.34. The quantitative estimate of drug-likeness (QED) is 0.339. The predicted molar refractivity (Wildman–Crippen MR) is 121 cm³/mol. The lowest BCUT2D eigenvalue weighted by atomic mass is 9.97. The number of carbonyl (C=O) groups is 4. The Hall–Kier alpha value is -4.72. The lowest BCUT2D eigenvalue weighted by Gasteiger charge is -2.06. The smallest absolute Gasteiger partial charge is 0.332 e. The molecule has 0 unspecified atom stereocenters. The molecular weight excluding hydrogens is 434 g/mol. The third-order valence-electron chi connectivity index (χ3n) is 6.07. The van der Waals surface area contributed by atoms with Gasteiger partial charge in [0.1, 0.15) is 0 Å². The van der Waals surface area contributed by atoms with Crippen LogP contribution in [0.4, 0.5) is 6.01 Å². The van der Waals surface area contributed by atoms with Crippen molar-refractivity contribution in [1.29, 1.82) is 0 Å². The number of ketones is 2. The third kappa shape index (κ3) is 2.92. The Morgan fingerprint density at radius 2 is 1.26 bits per heavy atom. The summed E-state index contributed by atoms with van der Waals surface area (Å²) in [5, 5.41) is 7.90. The second kappa shape index (κ2) is 7.14. The van der Waals surface area contributed by atoms with Crippen LogP contribution in [0.25, 0.3) is 22.6 Å². The molecule has 8 nitrogen and oxygen atoms in total. The van der Waals surface area contributed by atoms with Crippen molar-refractivity contribution in [3.63, 3.8) is 0 Å². The number of Topliss-reactive ketones (excluding diaryl/α,β-unsaturated/α-hetero) is 2. The molecule has 0 saturated heterocycles. The molecule has 0 atom stereocenters. The highest BCUT2D eigenvalue weighted by molar-refractivity contribution is 6.34. The molecule has 2 amide bonds.